The summed E-state index contributed by atoms with van der Waals surface area (Å²) in [6, 6.07) is 6.33. The minimum Gasteiger partial charge on any atom is -0.309 e. The van der Waals surface area contributed by atoms with Crippen LogP contribution in [0.5, 0.6) is 0 Å². The lowest BCUT2D eigenvalue weighted by molar-refractivity contribution is 0.763. The van der Waals surface area contributed by atoms with Gasteiger partial charge in [0, 0.05) is 19.0 Å². The molecule has 0 unspecified atom stereocenters. The van der Waals surface area contributed by atoms with Crippen LogP contribution in [0.2, 0.25) is 0 Å². The quantitative estimate of drug-likeness (QED) is 0.632. The number of fused-ring (bicyclic) bond motifs is 1. The van der Waals surface area contributed by atoms with E-state index >= 15 is 0 Å². The molecular weight excluding hydrogens is 158 g/mol. The first kappa shape index (κ1) is 7.14. The molecule has 2 heteroatoms. The van der Waals surface area contributed by atoms with E-state index in [-0.39, 0.29) is 0 Å². The fourth-order valence-electron chi connectivity index (χ4n) is 1.53. The summed E-state index contributed by atoms with van der Waals surface area (Å²) in [6.07, 6.45) is 0. The van der Waals surface area contributed by atoms with Crippen molar-refractivity contribution in [3.63, 3.8) is 0 Å². The van der Waals surface area contributed by atoms with E-state index in [0.29, 0.717) is 5.88 Å². The molecule has 2 rings (SSSR count). The van der Waals surface area contributed by atoms with Crippen LogP contribution < -0.4 is 5.32 Å². The first-order chi connectivity index (χ1) is 5.42. The molecule has 0 fully saturated rings. The molecule has 1 N–H and O–H groups in total. The Hall–Kier alpha value is -0.530. The van der Waals surface area contributed by atoms with Gasteiger partial charge in [-0.1, -0.05) is 18.2 Å². The second-order valence-corrected chi connectivity index (χ2v) is 3.06. The van der Waals surface area contributed by atoms with Crippen LogP contribution in [0.25, 0.3) is 0 Å². The van der Waals surface area contributed by atoms with Crippen LogP contribution in [0.4, 0.5) is 0 Å². The highest BCUT2D eigenvalue weighted by Crippen LogP contribution is 2.20. The number of hydrogen-bond acceptors (Lipinski definition) is 1. The van der Waals surface area contributed by atoms with Crippen LogP contribution in [0, 0.1) is 0 Å². The van der Waals surface area contributed by atoms with Crippen molar-refractivity contribution in [1.82, 2.24) is 5.32 Å². The molecule has 1 aliphatic rings. The van der Waals surface area contributed by atoms with Crippen molar-refractivity contribution in [3.8, 4) is 0 Å². The van der Waals surface area contributed by atoms with Crippen molar-refractivity contribution in [2.45, 2.75) is 19.0 Å². The molecule has 1 aliphatic heterocycles. The maximum Gasteiger partial charge on any atom is 0.0477 e. The summed E-state index contributed by atoms with van der Waals surface area (Å²) in [7, 11) is 0. The Bertz CT molecular complexity index is 270. The molecule has 1 aromatic carbocycles. The average molecular weight is 168 g/mol. The Balaban J connectivity index is 2.50. The third-order valence-electron chi connectivity index (χ3n) is 2.13. The Morgan fingerprint density at radius 3 is 3.09 bits per heavy atom. The largest absolute Gasteiger partial charge is 0.309 e. The number of hydrogen-bond donors (Lipinski definition) is 1. The van der Waals surface area contributed by atoms with Crippen molar-refractivity contribution < 1.29 is 0 Å². The maximum absolute atomic E-state index is 5.78. The fourth-order valence-corrected chi connectivity index (χ4v) is 1.78. The molecular formula is C9H10ClN. The summed E-state index contributed by atoms with van der Waals surface area (Å²) in [6.45, 7) is 1.98. The zero-order valence-corrected chi connectivity index (χ0v) is 6.99. The lowest BCUT2D eigenvalue weighted by atomic mass is 10.1. The molecule has 0 spiro atoms. The van der Waals surface area contributed by atoms with Gasteiger partial charge in [-0.05, 0) is 16.7 Å². The van der Waals surface area contributed by atoms with E-state index < -0.39 is 0 Å². The summed E-state index contributed by atoms with van der Waals surface area (Å²) >= 11 is 5.78. The molecule has 0 saturated carbocycles. The van der Waals surface area contributed by atoms with Crippen molar-refractivity contribution in [2.75, 3.05) is 0 Å². The van der Waals surface area contributed by atoms with E-state index in [4.69, 9.17) is 11.6 Å². The number of alkyl halides is 1. The van der Waals surface area contributed by atoms with Gasteiger partial charge in [0.05, 0.1) is 0 Å². The SMILES string of the molecule is ClCc1cccc2c1CNC2. The molecule has 0 aromatic heterocycles. The summed E-state index contributed by atoms with van der Waals surface area (Å²) in [5.41, 5.74) is 4.08. The molecule has 0 atom stereocenters. The summed E-state index contributed by atoms with van der Waals surface area (Å²) in [4.78, 5) is 0. The highest BCUT2D eigenvalue weighted by Gasteiger charge is 2.11. The maximum atomic E-state index is 5.78. The Kier molecular flexibility index (Phi) is 1.84. The molecule has 0 radical (unpaired) electrons. The van der Waals surface area contributed by atoms with E-state index in [9.17, 15) is 0 Å². The molecule has 1 nitrogen and oxygen atoms in total. The molecule has 11 heavy (non-hydrogen) atoms. The Morgan fingerprint density at radius 1 is 1.36 bits per heavy atom. The van der Waals surface area contributed by atoms with Gasteiger partial charge in [0.15, 0.2) is 0 Å². The summed E-state index contributed by atoms with van der Waals surface area (Å²) < 4.78 is 0. The smallest absolute Gasteiger partial charge is 0.0477 e. The van der Waals surface area contributed by atoms with E-state index in [1.54, 1.807) is 0 Å². The standard InChI is InChI=1S/C9H10ClN/c10-4-7-2-1-3-8-5-11-6-9(7)8/h1-3,11H,4-6H2. The van der Waals surface area contributed by atoms with Crippen LogP contribution in [0.15, 0.2) is 18.2 Å². The van der Waals surface area contributed by atoms with E-state index in [0.717, 1.165) is 13.1 Å². The van der Waals surface area contributed by atoms with Gasteiger partial charge in [-0.25, -0.2) is 0 Å². The molecule has 0 bridgehead atoms. The second kappa shape index (κ2) is 2.84. The van der Waals surface area contributed by atoms with Crippen molar-refractivity contribution in [1.29, 1.82) is 0 Å². The Labute approximate surface area is 71.4 Å². The van der Waals surface area contributed by atoms with Gasteiger partial charge in [0.1, 0.15) is 0 Å². The van der Waals surface area contributed by atoms with Crippen LogP contribution in [-0.4, -0.2) is 0 Å². The molecule has 1 aromatic rings. The minimum absolute atomic E-state index is 0.630. The molecule has 0 aliphatic carbocycles. The van der Waals surface area contributed by atoms with E-state index in [1.807, 2.05) is 0 Å². The van der Waals surface area contributed by atoms with Crippen LogP contribution in [0.1, 0.15) is 16.7 Å². The number of halogens is 1. The molecule has 1 heterocycles. The second-order valence-electron chi connectivity index (χ2n) is 2.79. The van der Waals surface area contributed by atoms with Gasteiger partial charge < -0.3 is 5.32 Å². The third kappa shape index (κ3) is 1.15. The van der Waals surface area contributed by atoms with Crippen LogP contribution in [0.3, 0.4) is 0 Å². The minimum atomic E-state index is 0.630. The van der Waals surface area contributed by atoms with Gasteiger partial charge in [-0.3, -0.25) is 0 Å². The lowest BCUT2D eigenvalue weighted by Gasteiger charge is -2.02. The van der Waals surface area contributed by atoms with Crippen LogP contribution in [-0.2, 0) is 19.0 Å². The van der Waals surface area contributed by atoms with Crippen LogP contribution >= 0.6 is 11.6 Å². The fraction of sp³-hybridized carbons (Fsp3) is 0.333. The number of nitrogens with one attached hydrogen (secondary N) is 1. The van der Waals surface area contributed by atoms with E-state index in [1.165, 1.54) is 16.7 Å². The highest BCUT2D eigenvalue weighted by atomic mass is 35.5. The van der Waals surface area contributed by atoms with Crippen molar-refractivity contribution >= 4 is 11.6 Å². The number of rotatable bonds is 1. The van der Waals surface area contributed by atoms with Crippen molar-refractivity contribution in [2.24, 2.45) is 0 Å². The van der Waals surface area contributed by atoms with Gasteiger partial charge >= 0.3 is 0 Å². The van der Waals surface area contributed by atoms with Gasteiger partial charge in [-0.15, -0.1) is 11.6 Å². The van der Waals surface area contributed by atoms with Gasteiger partial charge in [0.2, 0.25) is 0 Å². The summed E-state index contributed by atoms with van der Waals surface area (Å²) in [5, 5.41) is 3.30. The topological polar surface area (TPSA) is 12.0 Å². The predicted octanol–water partition coefficient (Wildman–Crippen LogP) is 2.03. The molecule has 0 amide bonds. The normalized spacial score (nSPS) is 15.0. The lowest BCUT2D eigenvalue weighted by Crippen LogP contribution is -2.00. The monoisotopic (exact) mass is 167 g/mol. The molecule has 58 valence electrons. The van der Waals surface area contributed by atoms with Gasteiger partial charge in [-0.2, -0.15) is 0 Å². The first-order valence-corrected chi connectivity index (χ1v) is 4.31. The Morgan fingerprint density at radius 2 is 2.27 bits per heavy atom. The average Bonchev–Trinajstić information content (AvgIpc) is 2.50. The predicted molar refractivity (Wildman–Crippen MR) is 46.5 cm³/mol. The zero-order chi connectivity index (χ0) is 7.68. The van der Waals surface area contributed by atoms with E-state index in [2.05, 4.69) is 23.5 Å². The van der Waals surface area contributed by atoms with Crippen molar-refractivity contribution in [3.05, 3.63) is 34.9 Å². The highest BCUT2D eigenvalue weighted by molar-refractivity contribution is 6.17. The zero-order valence-electron chi connectivity index (χ0n) is 6.23. The first-order valence-electron chi connectivity index (χ1n) is 3.78. The molecule has 0 saturated heterocycles. The summed E-state index contributed by atoms with van der Waals surface area (Å²) in [5.74, 6) is 0.630. The third-order valence-corrected chi connectivity index (χ3v) is 2.42. The van der Waals surface area contributed by atoms with Gasteiger partial charge in [0.25, 0.3) is 0 Å². The number of benzene rings is 1.